The second-order valence-corrected chi connectivity index (χ2v) is 4.64. The zero-order chi connectivity index (χ0) is 14.1. The number of rotatable bonds is 11. The predicted molar refractivity (Wildman–Crippen MR) is 72.6 cm³/mol. The van der Waals surface area contributed by atoms with Crippen LogP contribution in [-0.4, -0.2) is 24.9 Å². The number of hydrogen-bond acceptors (Lipinski definition) is 2. The van der Waals surface area contributed by atoms with E-state index >= 15 is 0 Å². The van der Waals surface area contributed by atoms with E-state index in [1.54, 1.807) is 0 Å². The standard InChI is InChI=1S/C13H29N.CH2O3/c1-3-4-5-6-7-8-9-10-11-12-13-14-2;2-1(3)4/h14H,3-13H2,1-2H3;(H2,2,3,4). The zero-order valence-corrected chi connectivity index (χ0v) is 12.1. The van der Waals surface area contributed by atoms with Gasteiger partial charge in [0.2, 0.25) is 6.16 Å². The van der Waals surface area contributed by atoms with Crippen LogP contribution in [0.4, 0.5) is 4.79 Å². The van der Waals surface area contributed by atoms with Crippen molar-refractivity contribution >= 4 is 6.16 Å². The number of hydrogen-bond donors (Lipinski definition) is 2. The minimum Gasteiger partial charge on any atom is -0.565 e. The molecule has 0 spiro atoms. The molecule has 0 aromatic heterocycles. The zero-order valence-electron chi connectivity index (χ0n) is 12.1. The smallest absolute Gasteiger partial charge is 0.249 e. The van der Waals surface area contributed by atoms with Crippen molar-refractivity contribution in [2.75, 3.05) is 13.6 Å². The molecule has 0 aliphatic heterocycles. The van der Waals surface area contributed by atoms with Crippen LogP contribution in [0.1, 0.15) is 71.1 Å². The van der Waals surface area contributed by atoms with Crippen LogP contribution in [0, 0.1) is 0 Å². The summed E-state index contributed by atoms with van der Waals surface area (Å²) in [6.07, 6.45) is 12.4. The van der Waals surface area contributed by atoms with Gasteiger partial charge in [-0.1, -0.05) is 58.3 Å². The van der Waals surface area contributed by atoms with E-state index in [2.05, 4.69) is 19.3 Å². The van der Waals surface area contributed by atoms with Crippen LogP contribution >= 0.6 is 0 Å². The quantitative estimate of drug-likeness (QED) is 0.558. The lowest BCUT2D eigenvalue weighted by Crippen LogP contribution is -2.79. The highest BCUT2D eigenvalue weighted by Crippen LogP contribution is 2.09. The van der Waals surface area contributed by atoms with Crippen LogP contribution in [0.2, 0.25) is 0 Å². The van der Waals surface area contributed by atoms with Crippen molar-refractivity contribution in [1.82, 2.24) is 0 Å². The van der Waals surface area contributed by atoms with Crippen molar-refractivity contribution in [3.8, 4) is 0 Å². The Balaban J connectivity index is 0. The van der Waals surface area contributed by atoms with Gasteiger partial charge in [-0.05, 0) is 12.8 Å². The molecular weight excluding hydrogens is 230 g/mol. The lowest BCUT2D eigenvalue weighted by molar-refractivity contribution is -0.627. The van der Waals surface area contributed by atoms with Gasteiger partial charge in [0, 0.05) is 0 Å². The van der Waals surface area contributed by atoms with Crippen molar-refractivity contribution in [1.29, 1.82) is 0 Å². The summed E-state index contributed by atoms with van der Waals surface area (Å²) in [5.41, 5.74) is 0. The molecule has 0 saturated heterocycles. The highest BCUT2D eigenvalue weighted by atomic mass is 16.6. The van der Waals surface area contributed by atoms with Gasteiger partial charge >= 0.3 is 0 Å². The first-order chi connectivity index (χ1) is 8.65. The average molecular weight is 261 g/mol. The van der Waals surface area contributed by atoms with E-state index in [4.69, 9.17) is 15.0 Å². The van der Waals surface area contributed by atoms with Crippen molar-refractivity contribution < 1.29 is 20.3 Å². The Morgan fingerprint density at radius 3 is 1.61 bits per heavy atom. The van der Waals surface area contributed by atoms with Crippen LogP contribution in [0.3, 0.4) is 0 Å². The normalized spacial score (nSPS) is 9.67. The fourth-order valence-corrected chi connectivity index (χ4v) is 1.84. The van der Waals surface area contributed by atoms with Gasteiger partial charge in [-0.25, -0.2) is 0 Å². The van der Waals surface area contributed by atoms with E-state index in [9.17, 15) is 0 Å². The van der Waals surface area contributed by atoms with Gasteiger partial charge in [0.1, 0.15) is 0 Å². The van der Waals surface area contributed by atoms with Crippen LogP contribution in [0.15, 0.2) is 0 Å². The summed E-state index contributed by atoms with van der Waals surface area (Å²) in [6.45, 7) is 3.60. The fourth-order valence-electron chi connectivity index (χ4n) is 1.84. The van der Waals surface area contributed by atoms with Crippen LogP contribution in [0.25, 0.3) is 0 Å². The number of carboxylic acid groups (broad SMARTS) is 2. The molecule has 0 aliphatic rings. The van der Waals surface area contributed by atoms with Crippen LogP contribution in [0.5, 0.6) is 0 Å². The molecule has 0 bridgehead atoms. The van der Waals surface area contributed by atoms with Gasteiger partial charge in [0.25, 0.3) is 0 Å². The Hall–Kier alpha value is -0.770. The lowest BCUT2D eigenvalue weighted by atomic mass is 10.1. The fraction of sp³-hybridized carbons (Fsp3) is 0.929. The van der Waals surface area contributed by atoms with Crippen LogP contribution in [-0.2, 0) is 0 Å². The van der Waals surface area contributed by atoms with Crippen molar-refractivity contribution in [3.63, 3.8) is 0 Å². The third-order valence-electron chi connectivity index (χ3n) is 2.85. The van der Waals surface area contributed by atoms with E-state index in [-0.39, 0.29) is 0 Å². The molecule has 0 radical (unpaired) electrons. The average Bonchev–Trinajstić information content (AvgIpc) is 2.31. The highest BCUT2D eigenvalue weighted by Gasteiger charge is 1.92. The Labute approximate surface area is 112 Å². The van der Waals surface area contributed by atoms with Crippen molar-refractivity contribution in [2.24, 2.45) is 0 Å². The molecule has 0 unspecified atom stereocenters. The molecule has 0 amide bonds. The van der Waals surface area contributed by atoms with E-state index in [0.29, 0.717) is 0 Å². The van der Waals surface area contributed by atoms with E-state index < -0.39 is 6.16 Å². The number of unbranched alkanes of at least 4 members (excludes halogenated alkanes) is 9. The maximum absolute atomic E-state index is 8.44. The Morgan fingerprint density at radius 1 is 0.944 bits per heavy atom. The molecule has 0 atom stereocenters. The molecule has 0 rings (SSSR count). The molecule has 18 heavy (non-hydrogen) atoms. The van der Waals surface area contributed by atoms with Gasteiger partial charge in [-0.15, -0.1) is 0 Å². The first-order valence-corrected chi connectivity index (χ1v) is 7.32. The summed E-state index contributed by atoms with van der Waals surface area (Å²) in [4.78, 5) is 8.44. The molecule has 0 aliphatic carbocycles. The topological polar surface area (TPSA) is 77.0 Å². The maximum atomic E-state index is 8.44. The second kappa shape index (κ2) is 18.6. The molecule has 0 heterocycles. The van der Waals surface area contributed by atoms with Gasteiger partial charge in [0.05, 0.1) is 13.6 Å². The van der Waals surface area contributed by atoms with E-state index in [0.717, 1.165) is 0 Å². The first-order valence-electron chi connectivity index (χ1n) is 7.32. The number of quaternary nitrogens is 1. The molecule has 0 fully saturated rings. The highest BCUT2D eigenvalue weighted by molar-refractivity contribution is 5.50. The molecule has 0 aromatic carbocycles. The minimum absolute atomic E-state index is 1.32. The summed E-state index contributed by atoms with van der Waals surface area (Å²) in [5.74, 6) is 0. The molecule has 0 saturated carbocycles. The first kappa shape index (κ1) is 19.6. The Kier molecular flexibility index (Phi) is 20.2. The number of nitrogens with two attached hydrogens (primary N) is 1. The molecule has 4 nitrogen and oxygen atoms in total. The monoisotopic (exact) mass is 261 g/mol. The molecular formula is C14H31NO3. The minimum atomic E-state index is -2.08. The van der Waals surface area contributed by atoms with Crippen molar-refractivity contribution in [2.45, 2.75) is 71.1 Å². The third-order valence-corrected chi connectivity index (χ3v) is 2.85. The van der Waals surface area contributed by atoms with Gasteiger partial charge in [-0.3, -0.25) is 0 Å². The van der Waals surface area contributed by atoms with Gasteiger partial charge in [-0.2, -0.15) is 0 Å². The van der Waals surface area contributed by atoms with E-state index in [1.165, 1.54) is 70.8 Å². The Bertz CT molecular complexity index is 147. The van der Waals surface area contributed by atoms with Crippen LogP contribution < -0.4 is 10.4 Å². The number of carbonyl (C=O) groups is 1. The summed E-state index contributed by atoms with van der Waals surface area (Å²) < 4.78 is 0. The molecule has 4 heteroatoms. The largest absolute Gasteiger partial charge is 0.565 e. The maximum Gasteiger partial charge on any atom is 0.249 e. The summed E-state index contributed by atoms with van der Waals surface area (Å²) in [5, 5.41) is 17.6. The summed E-state index contributed by atoms with van der Waals surface area (Å²) in [7, 11) is 2.16. The predicted octanol–water partition coefficient (Wildman–Crippen LogP) is 1.99. The van der Waals surface area contributed by atoms with Gasteiger partial charge in [0.15, 0.2) is 0 Å². The molecule has 3 N–H and O–H groups in total. The van der Waals surface area contributed by atoms with Gasteiger partial charge < -0.3 is 20.3 Å². The second-order valence-electron chi connectivity index (χ2n) is 4.64. The third kappa shape index (κ3) is 29.5. The summed E-state index contributed by atoms with van der Waals surface area (Å²) >= 11 is 0. The lowest BCUT2D eigenvalue weighted by Gasteiger charge is -2.01. The Morgan fingerprint density at radius 2 is 1.28 bits per heavy atom. The summed E-state index contributed by atoms with van der Waals surface area (Å²) in [6, 6.07) is 0. The molecule has 0 aromatic rings. The SMILES string of the molecule is CCCCCCCCCCCC[NH2+]C.O=C([O-])O. The van der Waals surface area contributed by atoms with Crippen molar-refractivity contribution in [3.05, 3.63) is 0 Å². The van der Waals surface area contributed by atoms with E-state index in [1.807, 2.05) is 0 Å². The molecule has 110 valence electrons.